The van der Waals surface area contributed by atoms with Crippen molar-refractivity contribution in [3.8, 4) is 17.2 Å². The Morgan fingerprint density at radius 3 is 2.47 bits per heavy atom. The summed E-state index contributed by atoms with van der Waals surface area (Å²) in [6.45, 7) is 3.83. The molecule has 1 N–H and O–H groups in total. The second kappa shape index (κ2) is 9.88. The quantitative estimate of drug-likeness (QED) is 0.331. The maximum absolute atomic E-state index is 13.3. The average Bonchev–Trinajstić information content (AvgIpc) is 2.76. The smallest absolute Gasteiger partial charge is 0.336 e. The number of nitrogens with zero attached hydrogens (tertiary/aromatic N) is 1. The molecule has 2 aromatic rings. The van der Waals surface area contributed by atoms with Gasteiger partial charge in [0.25, 0.3) is 11.8 Å². The fourth-order valence-electron chi connectivity index (χ4n) is 2.96. The highest BCUT2D eigenvalue weighted by Gasteiger charge is 2.38. The van der Waals surface area contributed by atoms with Gasteiger partial charge in [-0.15, -0.1) is 0 Å². The Morgan fingerprint density at radius 1 is 1.09 bits per heavy atom. The minimum absolute atomic E-state index is 0.0621. The van der Waals surface area contributed by atoms with E-state index in [1.54, 1.807) is 24.3 Å². The van der Waals surface area contributed by atoms with Crippen molar-refractivity contribution in [3.05, 3.63) is 63.6 Å². The molecule has 1 fully saturated rings. The minimum atomic E-state index is -0.933. The lowest BCUT2D eigenvalue weighted by molar-refractivity contribution is -0.122. The number of carbonyl (C=O) groups is 3. The van der Waals surface area contributed by atoms with Gasteiger partial charge in [0.05, 0.1) is 24.9 Å². The maximum Gasteiger partial charge on any atom is 0.336 e. The van der Waals surface area contributed by atoms with Gasteiger partial charge < -0.3 is 14.2 Å². The lowest BCUT2D eigenvalue weighted by atomic mass is 10.1. The van der Waals surface area contributed by atoms with Crippen LogP contribution in [0, 0.1) is 0 Å². The number of nitrogens with one attached hydrogen (secondary N) is 1. The maximum atomic E-state index is 13.3. The zero-order chi connectivity index (χ0) is 23.4. The largest absolute Gasteiger partial charge is 0.495 e. The molecule has 166 valence electrons. The number of halogens is 2. The molecule has 0 aliphatic carbocycles. The molecule has 0 spiro atoms. The van der Waals surface area contributed by atoms with E-state index in [1.165, 1.54) is 32.4 Å². The van der Waals surface area contributed by atoms with Crippen LogP contribution in [0.1, 0.15) is 5.56 Å². The minimum Gasteiger partial charge on any atom is -0.495 e. The third-order valence-electron chi connectivity index (χ3n) is 4.42. The molecule has 1 saturated heterocycles. The van der Waals surface area contributed by atoms with E-state index in [2.05, 4.69) is 27.8 Å². The number of imide groups is 2. The molecule has 1 aliphatic rings. The summed E-state index contributed by atoms with van der Waals surface area (Å²) in [7, 11) is 2.75. The summed E-state index contributed by atoms with van der Waals surface area (Å²) in [6.07, 6.45) is 2.91. The van der Waals surface area contributed by atoms with Gasteiger partial charge in [-0.2, -0.15) is 0 Å². The molecule has 3 rings (SSSR count). The van der Waals surface area contributed by atoms with Gasteiger partial charge >= 0.3 is 6.03 Å². The molecular weight excluding hydrogens is 504 g/mol. The zero-order valence-electron chi connectivity index (χ0n) is 17.1. The number of rotatable bonds is 7. The normalized spacial score (nSPS) is 14.9. The highest BCUT2D eigenvalue weighted by Crippen LogP contribution is 2.39. The Balaban J connectivity index is 2.11. The van der Waals surface area contributed by atoms with Crippen LogP contribution >= 0.6 is 27.5 Å². The van der Waals surface area contributed by atoms with Crippen LogP contribution in [0.3, 0.4) is 0 Å². The summed E-state index contributed by atoms with van der Waals surface area (Å²) in [5.74, 6) is -0.902. The highest BCUT2D eigenvalue weighted by molar-refractivity contribution is 9.10. The molecule has 1 aliphatic heterocycles. The number of urea groups is 1. The van der Waals surface area contributed by atoms with E-state index in [-0.39, 0.29) is 34.4 Å². The number of amides is 4. The molecule has 10 heteroatoms. The summed E-state index contributed by atoms with van der Waals surface area (Å²) < 4.78 is 16.8. The third-order valence-corrected chi connectivity index (χ3v) is 5.21. The van der Waals surface area contributed by atoms with E-state index in [0.29, 0.717) is 15.8 Å². The lowest BCUT2D eigenvalue weighted by Crippen LogP contribution is -2.54. The van der Waals surface area contributed by atoms with Crippen LogP contribution in [0.2, 0.25) is 5.02 Å². The Kier molecular flexibility index (Phi) is 7.22. The number of anilines is 1. The third kappa shape index (κ3) is 4.63. The summed E-state index contributed by atoms with van der Waals surface area (Å²) in [4.78, 5) is 39.2. The van der Waals surface area contributed by atoms with Crippen LogP contribution in [0.15, 0.2) is 53.0 Å². The van der Waals surface area contributed by atoms with Crippen LogP contribution in [0.4, 0.5) is 10.5 Å². The van der Waals surface area contributed by atoms with Gasteiger partial charge in [0.2, 0.25) is 0 Å². The fourth-order valence-corrected chi connectivity index (χ4v) is 3.57. The molecule has 8 nitrogen and oxygen atoms in total. The van der Waals surface area contributed by atoms with Crippen LogP contribution in [-0.2, 0) is 9.59 Å². The highest BCUT2D eigenvalue weighted by atomic mass is 79.9. The number of hydrogen-bond donors (Lipinski definition) is 1. The molecule has 0 aromatic heterocycles. The van der Waals surface area contributed by atoms with Crippen molar-refractivity contribution in [1.82, 2.24) is 5.32 Å². The predicted octanol–water partition coefficient (Wildman–Crippen LogP) is 4.35. The van der Waals surface area contributed by atoms with Crippen LogP contribution < -0.4 is 24.4 Å². The van der Waals surface area contributed by atoms with E-state index in [9.17, 15) is 14.4 Å². The summed E-state index contributed by atoms with van der Waals surface area (Å²) in [5.41, 5.74) is 0.240. The standard InChI is InChI=1S/C22H18BrClN2O6/c1-4-7-32-17-6-5-13(23)8-12(17)9-14-20(27)25-22(29)26(21(14)28)16-11-18(30-2)15(24)10-19(16)31-3/h4-6,8-11H,1,7H2,2-3H3,(H,25,27,29)/b14-9+. The first kappa shape index (κ1) is 23.4. The number of ether oxygens (including phenoxy) is 3. The van der Waals surface area contributed by atoms with Crippen molar-refractivity contribution in [3.63, 3.8) is 0 Å². The SMILES string of the molecule is C=CCOc1ccc(Br)cc1/C=C1\C(=O)NC(=O)N(c2cc(OC)c(Cl)cc2OC)C1=O. The Morgan fingerprint density at radius 2 is 1.81 bits per heavy atom. The van der Waals surface area contributed by atoms with Gasteiger partial charge in [0.1, 0.15) is 29.4 Å². The molecule has 0 radical (unpaired) electrons. The first-order valence-electron chi connectivity index (χ1n) is 9.17. The van der Waals surface area contributed by atoms with Gasteiger partial charge in [-0.3, -0.25) is 14.9 Å². The van der Waals surface area contributed by atoms with Crippen molar-refractivity contribution in [2.75, 3.05) is 25.7 Å². The van der Waals surface area contributed by atoms with Gasteiger partial charge in [-0.25, -0.2) is 9.69 Å². The van der Waals surface area contributed by atoms with E-state index in [4.69, 9.17) is 25.8 Å². The first-order valence-corrected chi connectivity index (χ1v) is 10.3. The van der Waals surface area contributed by atoms with Crippen molar-refractivity contribution < 1.29 is 28.6 Å². The van der Waals surface area contributed by atoms with E-state index >= 15 is 0 Å². The molecule has 0 bridgehead atoms. The topological polar surface area (TPSA) is 94.2 Å². The van der Waals surface area contributed by atoms with Crippen molar-refractivity contribution >= 4 is 57.1 Å². The van der Waals surface area contributed by atoms with Crippen LogP contribution in [-0.4, -0.2) is 38.7 Å². The van der Waals surface area contributed by atoms with Crippen molar-refractivity contribution in [2.45, 2.75) is 0 Å². The monoisotopic (exact) mass is 520 g/mol. The van der Waals surface area contributed by atoms with E-state index in [0.717, 1.165) is 4.90 Å². The molecule has 4 amide bonds. The molecular formula is C22H18BrClN2O6. The van der Waals surface area contributed by atoms with E-state index in [1.807, 2.05) is 0 Å². The first-order chi connectivity index (χ1) is 15.3. The van der Waals surface area contributed by atoms with E-state index < -0.39 is 17.8 Å². The molecule has 32 heavy (non-hydrogen) atoms. The second-order valence-electron chi connectivity index (χ2n) is 6.40. The molecule has 2 aromatic carbocycles. The van der Waals surface area contributed by atoms with Crippen LogP contribution in [0.5, 0.6) is 17.2 Å². The summed E-state index contributed by atoms with van der Waals surface area (Å²) >= 11 is 9.49. The van der Waals surface area contributed by atoms with Gasteiger partial charge in [-0.1, -0.05) is 40.2 Å². The molecule has 1 heterocycles. The predicted molar refractivity (Wildman–Crippen MR) is 123 cm³/mol. The fraction of sp³-hybridized carbons (Fsp3) is 0.136. The Bertz CT molecular complexity index is 1150. The van der Waals surface area contributed by atoms with Gasteiger partial charge in [-0.05, 0) is 24.3 Å². The zero-order valence-corrected chi connectivity index (χ0v) is 19.5. The number of barbiturate groups is 1. The number of carbonyl (C=O) groups excluding carboxylic acids is 3. The lowest BCUT2D eigenvalue weighted by Gasteiger charge is -2.28. The summed E-state index contributed by atoms with van der Waals surface area (Å²) in [6, 6.07) is 6.97. The number of benzene rings is 2. The van der Waals surface area contributed by atoms with Crippen molar-refractivity contribution in [1.29, 1.82) is 0 Å². The van der Waals surface area contributed by atoms with Gasteiger partial charge in [0.15, 0.2) is 0 Å². The average molecular weight is 522 g/mol. The molecule has 0 atom stereocenters. The molecule has 0 unspecified atom stereocenters. The second-order valence-corrected chi connectivity index (χ2v) is 7.72. The molecule has 0 saturated carbocycles. The number of hydrogen-bond acceptors (Lipinski definition) is 6. The van der Waals surface area contributed by atoms with Crippen molar-refractivity contribution in [2.24, 2.45) is 0 Å². The Hall–Kier alpha value is -3.30. The van der Waals surface area contributed by atoms with Crippen LogP contribution in [0.25, 0.3) is 6.08 Å². The Labute approximate surface area is 197 Å². The summed E-state index contributed by atoms with van der Waals surface area (Å²) in [5, 5.41) is 2.40. The number of methoxy groups -OCH3 is 2. The van der Waals surface area contributed by atoms with Gasteiger partial charge in [0, 0.05) is 22.2 Å².